The van der Waals surface area contributed by atoms with Crippen molar-refractivity contribution in [1.82, 2.24) is 9.78 Å². The van der Waals surface area contributed by atoms with Crippen LogP contribution in [-0.2, 0) is 28.4 Å². The second-order valence-electron chi connectivity index (χ2n) is 7.59. The molecular formula is C19H23N3O3. The van der Waals surface area contributed by atoms with E-state index in [1.54, 1.807) is 24.7 Å². The van der Waals surface area contributed by atoms with E-state index in [1.165, 1.54) is 0 Å². The van der Waals surface area contributed by atoms with E-state index >= 15 is 0 Å². The zero-order chi connectivity index (χ0) is 18.6. The van der Waals surface area contributed by atoms with Crippen molar-refractivity contribution in [1.29, 1.82) is 0 Å². The Morgan fingerprint density at radius 1 is 1.48 bits per heavy atom. The van der Waals surface area contributed by atoms with E-state index in [-0.39, 0.29) is 23.4 Å². The highest BCUT2D eigenvalue weighted by Crippen LogP contribution is 2.54. The van der Waals surface area contributed by atoms with Crippen molar-refractivity contribution in [2.24, 2.45) is 18.4 Å². The van der Waals surface area contributed by atoms with Crippen LogP contribution in [0, 0.1) is 17.9 Å². The molecule has 0 saturated carbocycles. The maximum Gasteiger partial charge on any atom is 0.356 e. The summed E-state index contributed by atoms with van der Waals surface area (Å²) >= 11 is 0. The molecule has 1 aromatic rings. The van der Waals surface area contributed by atoms with Crippen LogP contribution in [0.25, 0.3) is 4.85 Å². The summed E-state index contributed by atoms with van der Waals surface area (Å²) in [5, 5.41) is 4.63. The molecule has 132 valence electrons. The van der Waals surface area contributed by atoms with Crippen molar-refractivity contribution < 1.29 is 14.3 Å². The van der Waals surface area contributed by atoms with E-state index in [0.717, 1.165) is 17.7 Å². The van der Waals surface area contributed by atoms with E-state index in [9.17, 15) is 9.59 Å². The molecule has 0 unspecified atom stereocenters. The SMILES string of the molecule is [C-]#[N+]C1=C[C@]2(C)c3nn(C)c(C(=O)OCC)c3CC[C@H]2C(C)(C)C1=O. The van der Waals surface area contributed by atoms with Gasteiger partial charge >= 0.3 is 5.97 Å². The molecule has 6 heteroatoms. The monoisotopic (exact) mass is 341 g/mol. The van der Waals surface area contributed by atoms with Gasteiger partial charge in [-0.2, -0.15) is 5.10 Å². The average Bonchev–Trinajstić information content (AvgIpc) is 2.89. The number of fused-ring (bicyclic) bond motifs is 3. The lowest BCUT2D eigenvalue weighted by Crippen LogP contribution is -2.51. The van der Waals surface area contributed by atoms with Gasteiger partial charge in [0.05, 0.1) is 18.9 Å². The number of rotatable bonds is 2. The quantitative estimate of drug-likeness (QED) is 0.613. The van der Waals surface area contributed by atoms with Crippen LogP contribution in [0.3, 0.4) is 0 Å². The first-order valence-corrected chi connectivity index (χ1v) is 8.57. The van der Waals surface area contributed by atoms with Crippen molar-refractivity contribution in [3.8, 4) is 0 Å². The number of ketones is 1. The summed E-state index contributed by atoms with van der Waals surface area (Å²) in [6.07, 6.45) is 3.20. The molecule has 25 heavy (non-hydrogen) atoms. The molecule has 0 aliphatic heterocycles. The molecule has 6 nitrogen and oxygen atoms in total. The summed E-state index contributed by atoms with van der Waals surface area (Å²) in [7, 11) is 1.74. The topological polar surface area (TPSA) is 65.6 Å². The minimum absolute atomic E-state index is 0.0374. The lowest BCUT2D eigenvalue weighted by Gasteiger charge is -2.49. The molecule has 2 aliphatic rings. The molecule has 0 N–H and O–H groups in total. The minimum Gasteiger partial charge on any atom is -0.461 e. The predicted octanol–water partition coefficient (Wildman–Crippen LogP) is 2.83. The highest BCUT2D eigenvalue weighted by atomic mass is 16.5. The fraction of sp³-hybridized carbons (Fsp3) is 0.579. The van der Waals surface area contributed by atoms with Gasteiger partial charge < -0.3 is 9.53 Å². The molecule has 0 amide bonds. The molecule has 1 heterocycles. The highest BCUT2D eigenvalue weighted by molar-refractivity contribution is 6.02. The molecule has 0 fully saturated rings. The number of hydrogen-bond acceptors (Lipinski definition) is 4. The van der Waals surface area contributed by atoms with E-state index in [0.29, 0.717) is 18.7 Å². The number of aromatic nitrogens is 2. The third-order valence-corrected chi connectivity index (χ3v) is 5.78. The fourth-order valence-corrected chi connectivity index (χ4v) is 4.65. The molecule has 0 bridgehead atoms. The number of ether oxygens (including phenoxy) is 1. The van der Waals surface area contributed by atoms with Crippen LogP contribution >= 0.6 is 0 Å². The number of nitrogens with zero attached hydrogens (tertiary/aromatic N) is 3. The number of Topliss-reactive ketones (excluding diaryl/α,β-unsaturated/α-hetero) is 1. The molecule has 0 saturated heterocycles. The Kier molecular flexibility index (Phi) is 3.86. The molecule has 2 atom stereocenters. The number of carbonyl (C=O) groups is 2. The van der Waals surface area contributed by atoms with Gasteiger partial charge in [-0.25, -0.2) is 9.64 Å². The summed E-state index contributed by atoms with van der Waals surface area (Å²) in [5.74, 6) is -0.438. The van der Waals surface area contributed by atoms with Crippen LogP contribution in [0.1, 0.15) is 55.9 Å². The third kappa shape index (κ3) is 2.25. The van der Waals surface area contributed by atoms with E-state index in [1.807, 2.05) is 20.8 Å². The van der Waals surface area contributed by atoms with Crippen LogP contribution in [0.5, 0.6) is 0 Å². The zero-order valence-electron chi connectivity index (χ0n) is 15.3. The van der Waals surface area contributed by atoms with Gasteiger partial charge in [-0.15, -0.1) is 0 Å². The van der Waals surface area contributed by atoms with Gasteiger partial charge in [0, 0.05) is 23.4 Å². The lowest BCUT2D eigenvalue weighted by atomic mass is 9.53. The van der Waals surface area contributed by atoms with Gasteiger partial charge in [-0.3, -0.25) is 4.68 Å². The molecular weight excluding hydrogens is 318 g/mol. The van der Waals surface area contributed by atoms with Gasteiger partial charge in [0.1, 0.15) is 5.69 Å². The highest BCUT2D eigenvalue weighted by Gasteiger charge is 2.55. The fourth-order valence-electron chi connectivity index (χ4n) is 4.65. The van der Waals surface area contributed by atoms with Crippen molar-refractivity contribution in [3.63, 3.8) is 0 Å². The minimum atomic E-state index is -0.636. The molecule has 3 rings (SSSR count). The molecule has 0 spiro atoms. The summed E-state index contributed by atoms with van der Waals surface area (Å²) in [4.78, 5) is 28.5. The molecule has 2 aliphatic carbocycles. The van der Waals surface area contributed by atoms with Crippen LogP contribution in [-0.4, -0.2) is 28.1 Å². The first-order chi connectivity index (χ1) is 11.7. The lowest BCUT2D eigenvalue weighted by molar-refractivity contribution is -0.128. The van der Waals surface area contributed by atoms with Gasteiger partial charge in [-0.05, 0) is 25.7 Å². The smallest absolute Gasteiger partial charge is 0.356 e. The summed E-state index contributed by atoms with van der Waals surface area (Å²) in [6, 6.07) is 0. The van der Waals surface area contributed by atoms with Crippen molar-refractivity contribution in [2.45, 2.75) is 46.0 Å². The second-order valence-corrected chi connectivity index (χ2v) is 7.59. The summed E-state index contributed by atoms with van der Waals surface area (Å²) in [6.45, 7) is 15.3. The normalized spacial score (nSPS) is 27.0. The number of aryl methyl sites for hydroxylation is 1. The van der Waals surface area contributed by atoms with E-state index in [4.69, 9.17) is 11.3 Å². The van der Waals surface area contributed by atoms with Crippen LogP contribution < -0.4 is 0 Å². The molecule has 0 aromatic carbocycles. The van der Waals surface area contributed by atoms with Crippen molar-refractivity contribution >= 4 is 11.8 Å². The Bertz CT molecular complexity index is 841. The molecule has 1 aromatic heterocycles. The average molecular weight is 341 g/mol. The van der Waals surface area contributed by atoms with Crippen LogP contribution in [0.15, 0.2) is 11.8 Å². The van der Waals surface area contributed by atoms with E-state index < -0.39 is 10.8 Å². The van der Waals surface area contributed by atoms with Gasteiger partial charge in [0.2, 0.25) is 5.70 Å². The maximum absolute atomic E-state index is 12.7. The third-order valence-electron chi connectivity index (χ3n) is 5.78. The first kappa shape index (κ1) is 17.4. The summed E-state index contributed by atoms with van der Waals surface area (Å²) in [5.41, 5.74) is 1.13. The van der Waals surface area contributed by atoms with Crippen molar-refractivity contribution in [3.05, 3.63) is 40.1 Å². The predicted molar refractivity (Wildman–Crippen MR) is 91.8 cm³/mol. The number of esters is 1. The van der Waals surface area contributed by atoms with Crippen molar-refractivity contribution in [2.75, 3.05) is 6.61 Å². The summed E-state index contributed by atoms with van der Waals surface area (Å²) < 4.78 is 6.76. The number of carbonyl (C=O) groups excluding carboxylic acids is 2. The maximum atomic E-state index is 12.7. The standard InChI is InChI=1S/C19H23N3O3/c1-7-25-17(24)14-11-8-9-13-18(2,3)16(23)12(20-5)10-19(13,4)15(11)21-22(14)6/h10,13H,7-9H2,1-4,6H3/t13-,19-/m0/s1. The Morgan fingerprint density at radius 2 is 2.16 bits per heavy atom. The Balaban J connectivity index is 2.23. The second kappa shape index (κ2) is 5.55. The van der Waals surface area contributed by atoms with Gasteiger partial charge in [0.15, 0.2) is 5.78 Å². The Labute approximate surface area is 147 Å². The number of hydrogen-bond donors (Lipinski definition) is 0. The van der Waals surface area contributed by atoms with Crippen LogP contribution in [0.4, 0.5) is 0 Å². The Hall–Kier alpha value is -2.42. The first-order valence-electron chi connectivity index (χ1n) is 8.57. The van der Waals surface area contributed by atoms with E-state index in [2.05, 4.69) is 9.94 Å². The molecule has 0 radical (unpaired) electrons. The largest absolute Gasteiger partial charge is 0.461 e. The van der Waals surface area contributed by atoms with Gasteiger partial charge in [-0.1, -0.05) is 26.8 Å². The number of allylic oxidation sites excluding steroid dienone is 2. The van der Waals surface area contributed by atoms with Gasteiger partial charge in [0.25, 0.3) is 0 Å². The van der Waals surface area contributed by atoms with Crippen LogP contribution in [0.2, 0.25) is 0 Å². The zero-order valence-corrected chi connectivity index (χ0v) is 15.3. The Morgan fingerprint density at radius 3 is 2.76 bits per heavy atom.